The van der Waals surface area contributed by atoms with E-state index in [-0.39, 0.29) is 17.8 Å². The first-order chi connectivity index (χ1) is 10.2. The number of rotatable bonds is 7. The van der Waals surface area contributed by atoms with Crippen LogP contribution in [0, 0.1) is 5.92 Å². The summed E-state index contributed by atoms with van der Waals surface area (Å²) < 4.78 is 10.7. The quantitative estimate of drug-likeness (QED) is 0.732. The first-order valence-corrected chi connectivity index (χ1v) is 7.07. The number of carbonyl (C=O) groups excluding carboxylic acids is 1. The van der Waals surface area contributed by atoms with Crippen LogP contribution in [0.25, 0.3) is 0 Å². The number of carbonyl (C=O) groups is 1. The molecule has 3 nitrogen and oxygen atoms in total. The summed E-state index contributed by atoms with van der Waals surface area (Å²) in [5.41, 5.74) is 1.06. The van der Waals surface area contributed by atoms with Crippen LogP contribution in [0.5, 0.6) is 11.5 Å². The van der Waals surface area contributed by atoms with Crippen molar-refractivity contribution in [1.29, 1.82) is 0 Å². The van der Waals surface area contributed by atoms with E-state index in [0.29, 0.717) is 12.2 Å². The molecule has 0 aliphatic carbocycles. The van der Waals surface area contributed by atoms with Crippen LogP contribution in [0.2, 0.25) is 0 Å². The van der Waals surface area contributed by atoms with Gasteiger partial charge in [-0.25, -0.2) is 0 Å². The zero-order chi connectivity index (χ0) is 15.1. The molecule has 0 fully saturated rings. The van der Waals surface area contributed by atoms with Gasteiger partial charge in [-0.3, -0.25) is 4.79 Å². The molecule has 0 aliphatic rings. The summed E-state index contributed by atoms with van der Waals surface area (Å²) in [6.07, 6.45) is 0.569. The van der Waals surface area contributed by atoms with Crippen LogP contribution < -0.4 is 9.47 Å². The van der Waals surface area contributed by atoms with Crippen LogP contribution in [-0.2, 0) is 11.2 Å². The van der Waals surface area contributed by atoms with Gasteiger partial charge < -0.3 is 9.47 Å². The molecule has 2 aromatic rings. The highest BCUT2D eigenvalue weighted by Crippen LogP contribution is 2.19. The highest BCUT2D eigenvalue weighted by molar-refractivity contribution is 6.64. The average Bonchev–Trinajstić information content (AvgIpc) is 2.52. The third kappa shape index (κ3) is 4.80. The van der Waals surface area contributed by atoms with E-state index in [1.54, 1.807) is 19.2 Å². The molecule has 1 unspecified atom stereocenters. The van der Waals surface area contributed by atoms with Gasteiger partial charge in [0.25, 0.3) is 0 Å². The Balaban J connectivity index is 1.95. The standard InChI is InChI=1S/C17H17ClO3/c1-20-15-7-9-16(10-8-15)21-12-14(17(18)19)11-13-5-3-2-4-6-13/h2-10,14H,11-12H2,1H3. The molecule has 0 spiro atoms. The normalized spacial score (nSPS) is 11.7. The molecule has 0 radical (unpaired) electrons. The maximum absolute atomic E-state index is 11.5. The van der Waals surface area contributed by atoms with Crippen molar-refractivity contribution in [2.24, 2.45) is 5.92 Å². The van der Waals surface area contributed by atoms with Crippen LogP contribution in [0.1, 0.15) is 5.56 Å². The summed E-state index contributed by atoms with van der Waals surface area (Å²) in [7, 11) is 1.61. The first kappa shape index (κ1) is 15.4. The van der Waals surface area contributed by atoms with Crippen molar-refractivity contribution in [1.82, 2.24) is 0 Å². The van der Waals surface area contributed by atoms with E-state index in [9.17, 15) is 4.79 Å². The molecule has 0 N–H and O–H groups in total. The van der Waals surface area contributed by atoms with Crippen molar-refractivity contribution in [2.45, 2.75) is 6.42 Å². The smallest absolute Gasteiger partial charge is 0.228 e. The molecule has 0 bridgehead atoms. The van der Waals surface area contributed by atoms with Crippen LogP contribution >= 0.6 is 11.6 Å². The van der Waals surface area contributed by atoms with Crippen molar-refractivity contribution < 1.29 is 14.3 Å². The second kappa shape index (κ2) is 7.70. The van der Waals surface area contributed by atoms with Gasteiger partial charge in [-0.05, 0) is 47.9 Å². The van der Waals surface area contributed by atoms with Crippen LogP contribution in [0.3, 0.4) is 0 Å². The van der Waals surface area contributed by atoms with Crippen LogP contribution in [0.15, 0.2) is 54.6 Å². The number of ether oxygens (including phenoxy) is 2. The summed E-state index contributed by atoms with van der Waals surface area (Å²) in [5.74, 6) is 1.08. The SMILES string of the molecule is COc1ccc(OCC(Cc2ccccc2)C(=O)Cl)cc1. The van der Waals surface area contributed by atoms with Gasteiger partial charge in [0.1, 0.15) is 11.5 Å². The van der Waals surface area contributed by atoms with E-state index in [0.717, 1.165) is 11.3 Å². The number of methoxy groups -OCH3 is 1. The van der Waals surface area contributed by atoms with Crippen LogP contribution in [0.4, 0.5) is 0 Å². The van der Waals surface area contributed by atoms with Crippen molar-refractivity contribution in [3.8, 4) is 11.5 Å². The monoisotopic (exact) mass is 304 g/mol. The van der Waals surface area contributed by atoms with Crippen molar-refractivity contribution >= 4 is 16.8 Å². The lowest BCUT2D eigenvalue weighted by Crippen LogP contribution is -2.20. The minimum Gasteiger partial charge on any atom is -0.497 e. The van der Waals surface area contributed by atoms with Crippen molar-refractivity contribution in [2.75, 3.05) is 13.7 Å². The minimum atomic E-state index is -0.382. The molecule has 0 aromatic heterocycles. The second-order valence-corrected chi connectivity index (χ2v) is 5.05. The fourth-order valence-corrected chi connectivity index (χ4v) is 2.11. The Morgan fingerprint density at radius 2 is 1.67 bits per heavy atom. The summed E-state index contributed by atoms with van der Waals surface area (Å²) >= 11 is 5.67. The maximum Gasteiger partial charge on any atom is 0.228 e. The summed E-state index contributed by atoms with van der Waals surface area (Å²) in [4.78, 5) is 11.5. The van der Waals surface area contributed by atoms with Crippen LogP contribution in [-0.4, -0.2) is 19.0 Å². The lowest BCUT2D eigenvalue weighted by Gasteiger charge is -2.14. The van der Waals surface area contributed by atoms with Gasteiger partial charge in [-0.2, -0.15) is 0 Å². The molecular formula is C17H17ClO3. The highest BCUT2D eigenvalue weighted by atomic mass is 35.5. The molecule has 0 saturated carbocycles. The van der Waals surface area contributed by atoms with Gasteiger partial charge in [-0.1, -0.05) is 30.3 Å². The Morgan fingerprint density at radius 3 is 2.24 bits per heavy atom. The minimum absolute atomic E-state index is 0.254. The third-order valence-corrected chi connectivity index (χ3v) is 3.47. The van der Waals surface area contributed by atoms with Crippen molar-refractivity contribution in [3.05, 3.63) is 60.2 Å². The van der Waals surface area contributed by atoms with E-state index < -0.39 is 0 Å². The average molecular weight is 305 g/mol. The first-order valence-electron chi connectivity index (χ1n) is 6.69. The van der Waals surface area contributed by atoms with Crippen molar-refractivity contribution in [3.63, 3.8) is 0 Å². The zero-order valence-corrected chi connectivity index (χ0v) is 12.5. The van der Waals surface area contributed by atoms with Gasteiger partial charge in [-0.15, -0.1) is 0 Å². The predicted octanol–water partition coefficient (Wildman–Crippen LogP) is 3.70. The molecule has 0 aliphatic heterocycles. The van der Waals surface area contributed by atoms with Gasteiger partial charge >= 0.3 is 0 Å². The topological polar surface area (TPSA) is 35.5 Å². The Hall–Kier alpha value is -2.00. The predicted molar refractivity (Wildman–Crippen MR) is 83.0 cm³/mol. The molecule has 1 atom stereocenters. The number of hydrogen-bond acceptors (Lipinski definition) is 3. The molecule has 0 saturated heterocycles. The summed E-state index contributed by atoms with van der Waals surface area (Å²) in [5, 5.41) is -0.382. The van der Waals surface area contributed by atoms with E-state index in [1.165, 1.54) is 0 Å². The number of halogens is 1. The van der Waals surface area contributed by atoms with E-state index in [4.69, 9.17) is 21.1 Å². The lowest BCUT2D eigenvalue weighted by atomic mass is 10.0. The second-order valence-electron chi connectivity index (χ2n) is 4.68. The molecule has 0 amide bonds. The summed E-state index contributed by atoms with van der Waals surface area (Å²) in [6.45, 7) is 0.254. The number of hydrogen-bond donors (Lipinski definition) is 0. The Bertz CT molecular complexity index is 566. The molecule has 21 heavy (non-hydrogen) atoms. The largest absolute Gasteiger partial charge is 0.497 e. The lowest BCUT2D eigenvalue weighted by molar-refractivity contribution is -0.115. The zero-order valence-electron chi connectivity index (χ0n) is 11.8. The molecule has 110 valence electrons. The van der Waals surface area contributed by atoms with E-state index in [1.807, 2.05) is 42.5 Å². The van der Waals surface area contributed by atoms with E-state index in [2.05, 4.69) is 0 Å². The molecule has 2 aromatic carbocycles. The summed E-state index contributed by atoms with van der Waals surface area (Å²) in [6, 6.07) is 17.0. The highest BCUT2D eigenvalue weighted by Gasteiger charge is 2.18. The van der Waals surface area contributed by atoms with E-state index >= 15 is 0 Å². The maximum atomic E-state index is 11.5. The fourth-order valence-electron chi connectivity index (χ4n) is 1.97. The molecule has 0 heterocycles. The van der Waals surface area contributed by atoms with Gasteiger partial charge in [0.05, 0.1) is 19.6 Å². The third-order valence-electron chi connectivity index (χ3n) is 3.16. The number of benzene rings is 2. The molecule has 2 rings (SSSR count). The fraction of sp³-hybridized carbons (Fsp3) is 0.235. The Morgan fingerprint density at radius 1 is 1.05 bits per heavy atom. The Kier molecular flexibility index (Phi) is 5.64. The van der Waals surface area contributed by atoms with Gasteiger partial charge in [0.2, 0.25) is 5.24 Å². The molecule has 4 heteroatoms. The van der Waals surface area contributed by atoms with Gasteiger partial charge in [0.15, 0.2) is 0 Å². The van der Waals surface area contributed by atoms with Gasteiger partial charge in [0, 0.05) is 0 Å². The Labute approximate surface area is 129 Å². The molecular weight excluding hydrogens is 288 g/mol.